The van der Waals surface area contributed by atoms with E-state index in [9.17, 15) is 55.9 Å². The summed E-state index contributed by atoms with van der Waals surface area (Å²) in [5, 5.41) is 108. The molecule has 16 heteroatoms. The maximum atomic E-state index is 10.8. The van der Waals surface area contributed by atoms with Gasteiger partial charge in [0.25, 0.3) is 0 Å². The molecule has 0 amide bonds. The fourth-order valence-electron chi connectivity index (χ4n) is 3.60. The SMILES string of the molecule is O=C[C@H](O)[C@@H](O)[C@H](OC1O[C@H](CO)[C@@H](OC2O[C@H](CO)[C@@H](O)[C@H](O)[C@H]2O)[C@H](O)[C@H]1O)[C@H](O)CO. The number of hydrogen-bond donors (Lipinski definition) is 11. The highest BCUT2D eigenvalue weighted by Crippen LogP contribution is 2.30. The van der Waals surface area contributed by atoms with Crippen molar-refractivity contribution in [2.45, 2.75) is 85.8 Å². The first-order chi connectivity index (χ1) is 16.0. The second-order valence-electron chi connectivity index (χ2n) is 7.97. The van der Waals surface area contributed by atoms with E-state index in [0.717, 1.165) is 0 Å². The van der Waals surface area contributed by atoms with Gasteiger partial charge in [-0.3, -0.25) is 0 Å². The van der Waals surface area contributed by atoms with Gasteiger partial charge in [0.1, 0.15) is 73.2 Å². The summed E-state index contributed by atoms with van der Waals surface area (Å²) in [5.74, 6) is 0. The number of aldehydes is 1. The van der Waals surface area contributed by atoms with Crippen LogP contribution in [0.4, 0.5) is 0 Å². The van der Waals surface area contributed by atoms with Crippen molar-refractivity contribution >= 4 is 6.29 Å². The first kappa shape index (κ1) is 29.3. The molecule has 2 fully saturated rings. The number of carbonyl (C=O) groups is 1. The molecule has 11 N–H and O–H groups in total. The maximum absolute atomic E-state index is 10.8. The van der Waals surface area contributed by atoms with Gasteiger partial charge >= 0.3 is 0 Å². The van der Waals surface area contributed by atoms with Gasteiger partial charge in [0.2, 0.25) is 0 Å². The van der Waals surface area contributed by atoms with E-state index in [4.69, 9.17) is 24.1 Å². The van der Waals surface area contributed by atoms with Gasteiger partial charge in [-0.05, 0) is 0 Å². The Labute approximate surface area is 192 Å². The van der Waals surface area contributed by atoms with E-state index in [0.29, 0.717) is 0 Å². The zero-order valence-electron chi connectivity index (χ0n) is 17.7. The van der Waals surface area contributed by atoms with Crippen LogP contribution in [0.1, 0.15) is 0 Å². The topological polar surface area (TPSA) is 277 Å². The number of carbonyl (C=O) groups excluding carboxylic acids is 1. The summed E-state index contributed by atoms with van der Waals surface area (Å²) in [6.45, 7) is -2.64. The van der Waals surface area contributed by atoms with E-state index < -0.39 is 106 Å². The fourth-order valence-corrected chi connectivity index (χ4v) is 3.60. The fraction of sp³-hybridized carbons (Fsp3) is 0.944. The molecule has 0 spiro atoms. The quantitative estimate of drug-likeness (QED) is 0.117. The Kier molecular flexibility index (Phi) is 11.1. The third-order valence-electron chi connectivity index (χ3n) is 5.64. The summed E-state index contributed by atoms with van der Waals surface area (Å²) >= 11 is 0. The minimum atomic E-state index is -2.08. The summed E-state index contributed by atoms with van der Waals surface area (Å²) in [5.41, 5.74) is 0. The molecular weight excluding hydrogens is 472 g/mol. The molecule has 2 heterocycles. The number of ether oxygens (including phenoxy) is 4. The predicted molar refractivity (Wildman–Crippen MR) is 102 cm³/mol. The Bertz CT molecular complexity index is 621. The van der Waals surface area contributed by atoms with Crippen molar-refractivity contribution in [1.29, 1.82) is 0 Å². The molecule has 0 aromatic rings. The molecule has 0 aliphatic carbocycles. The molecule has 2 aliphatic heterocycles. The van der Waals surface area contributed by atoms with Crippen molar-refractivity contribution in [1.82, 2.24) is 0 Å². The number of hydrogen-bond acceptors (Lipinski definition) is 16. The van der Waals surface area contributed by atoms with Gasteiger partial charge in [-0.15, -0.1) is 0 Å². The molecule has 0 aromatic heterocycles. The summed E-state index contributed by atoms with van der Waals surface area (Å²) in [4.78, 5) is 10.8. The Morgan fingerprint density at radius 1 is 0.765 bits per heavy atom. The van der Waals surface area contributed by atoms with Gasteiger partial charge < -0.3 is 79.9 Å². The van der Waals surface area contributed by atoms with Crippen LogP contribution in [-0.4, -0.2) is 168 Å². The molecule has 2 saturated heterocycles. The van der Waals surface area contributed by atoms with E-state index in [2.05, 4.69) is 0 Å². The van der Waals surface area contributed by atoms with Crippen molar-refractivity contribution in [2.24, 2.45) is 0 Å². The lowest BCUT2D eigenvalue weighted by Gasteiger charge is -2.46. The van der Waals surface area contributed by atoms with Crippen LogP contribution >= 0.6 is 0 Å². The molecule has 14 atom stereocenters. The number of aliphatic hydroxyl groups is 11. The Hall–Kier alpha value is -0.930. The average Bonchev–Trinajstić information content (AvgIpc) is 2.84. The van der Waals surface area contributed by atoms with Crippen LogP contribution in [-0.2, 0) is 23.7 Å². The van der Waals surface area contributed by atoms with Gasteiger partial charge in [-0.1, -0.05) is 0 Å². The van der Waals surface area contributed by atoms with Crippen molar-refractivity contribution in [3.8, 4) is 0 Å². The average molecular weight is 504 g/mol. The van der Waals surface area contributed by atoms with Crippen molar-refractivity contribution in [3.05, 3.63) is 0 Å². The molecule has 0 aromatic carbocycles. The van der Waals surface area contributed by atoms with Crippen molar-refractivity contribution in [3.63, 3.8) is 0 Å². The van der Waals surface area contributed by atoms with Crippen LogP contribution in [0.5, 0.6) is 0 Å². The third kappa shape index (κ3) is 6.25. The van der Waals surface area contributed by atoms with E-state index in [1.54, 1.807) is 0 Å². The monoisotopic (exact) mass is 504 g/mol. The van der Waals surface area contributed by atoms with Gasteiger partial charge in [0, 0.05) is 0 Å². The minimum absolute atomic E-state index is 0.0704. The zero-order chi connectivity index (χ0) is 25.7. The highest BCUT2D eigenvalue weighted by atomic mass is 16.7. The largest absolute Gasteiger partial charge is 0.394 e. The predicted octanol–water partition coefficient (Wildman–Crippen LogP) is -7.73. The maximum Gasteiger partial charge on any atom is 0.187 e. The second kappa shape index (κ2) is 12.9. The summed E-state index contributed by atoms with van der Waals surface area (Å²) in [6, 6.07) is 0. The first-order valence-corrected chi connectivity index (χ1v) is 10.4. The highest BCUT2D eigenvalue weighted by molar-refractivity contribution is 5.56. The molecule has 2 rings (SSSR count). The normalized spacial score (nSPS) is 42.6. The Morgan fingerprint density at radius 2 is 1.32 bits per heavy atom. The molecular formula is C18H32O16. The lowest BCUT2D eigenvalue weighted by Crippen LogP contribution is -2.65. The lowest BCUT2D eigenvalue weighted by molar-refractivity contribution is -0.367. The number of rotatable bonds is 11. The van der Waals surface area contributed by atoms with E-state index in [1.807, 2.05) is 0 Å². The van der Waals surface area contributed by atoms with E-state index >= 15 is 0 Å². The van der Waals surface area contributed by atoms with Crippen LogP contribution in [0.2, 0.25) is 0 Å². The van der Waals surface area contributed by atoms with Gasteiger partial charge in [0.05, 0.1) is 19.8 Å². The van der Waals surface area contributed by atoms with Gasteiger partial charge in [-0.2, -0.15) is 0 Å². The summed E-state index contributed by atoms with van der Waals surface area (Å²) < 4.78 is 21.1. The number of aliphatic hydroxyl groups excluding tert-OH is 11. The van der Waals surface area contributed by atoms with E-state index in [-0.39, 0.29) is 6.29 Å². The molecule has 0 saturated carbocycles. The smallest absolute Gasteiger partial charge is 0.187 e. The summed E-state index contributed by atoms with van der Waals surface area (Å²) in [6.07, 6.45) is -25.4. The molecule has 2 unspecified atom stereocenters. The molecule has 0 radical (unpaired) electrons. The zero-order valence-corrected chi connectivity index (χ0v) is 17.7. The first-order valence-electron chi connectivity index (χ1n) is 10.4. The third-order valence-corrected chi connectivity index (χ3v) is 5.64. The molecule has 200 valence electrons. The lowest BCUT2D eigenvalue weighted by atomic mass is 9.96. The standard InChI is InChI=1S/C18H32O16/c19-1-5(23)9(25)15(6(24)2-20)33-18-14(30)12(28)16(8(4-22)32-18)34-17-13(29)11(27)10(26)7(3-21)31-17/h1,5-18,20-30H,2-4H2/t5-,6+,7+,8+,9+,10+,11-,12+,13+,14+,15+,16+,17?,18?/m0/s1. The molecule has 34 heavy (non-hydrogen) atoms. The minimum Gasteiger partial charge on any atom is -0.394 e. The highest BCUT2D eigenvalue weighted by Gasteiger charge is 2.51. The molecule has 16 nitrogen and oxygen atoms in total. The molecule has 0 bridgehead atoms. The van der Waals surface area contributed by atoms with Gasteiger partial charge in [0.15, 0.2) is 18.9 Å². The van der Waals surface area contributed by atoms with Crippen LogP contribution in [0.15, 0.2) is 0 Å². The van der Waals surface area contributed by atoms with Gasteiger partial charge in [-0.25, -0.2) is 0 Å². The van der Waals surface area contributed by atoms with Crippen molar-refractivity contribution in [2.75, 3.05) is 19.8 Å². The van der Waals surface area contributed by atoms with Crippen LogP contribution in [0.25, 0.3) is 0 Å². The van der Waals surface area contributed by atoms with Crippen LogP contribution < -0.4 is 0 Å². The summed E-state index contributed by atoms with van der Waals surface area (Å²) in [7, 11) is 0. The molecule has 2 aliphatic rings. The Balaban J connectivity index is 2.17. The van der Waals surface area contributed by atoms with Crippen molar-refractivity contribution < 1.29 is 79.9 Å². The Morgan fingerprint density at radius 3 is 1.85 bits per heavy atom. The van der Waals surface area contributed by atoms with E-state index in [1.165, 1.54) is 0 Å². The van der Waals surface area contributed by atoms with Crippen LogP contribution in [0, 0.1) is 0 Å². The second-order valence-corrected chi connectivity index (χ2v) is 7.97. The van der Waals surface area contributed by atoms with Crippen LogP contribution in [0.3, 0.4) is 0 Å².